The van der Waals surface area contributed by atoms with Crippen LogP contribution in [0.5, 0.6) is 0 Å². The van der Waals surface area contributed by atoms with E-state index in [4.69, 9.17) is 0 Å². The number of rotatable bonds is 3. The second-order valence-corrected chi connectivity index (χ2v) is 6.12. The van der Waals surface area contributed by atoms with Gasteiger partial charge in [0, 0.05) is 29.2 Å². The molecule has 0 radical (unpaired) electrons. The third kappa shape index (κ3) is 4.23. The van der Waals surface area contributed by atoms with Gasteiger partial charge in [-0.15, -0.1) is 0 Å². The van der Waals surface area contributed by atoms with Crippen molar-refractivity contribution in [3.63, 3.8) is 0 Å². The molecule has 0 saturated carbocycles. The van der Waals surface area contributed by atoms with Crippen LogP contribution in [0, 0.1) is 11.8 Å². The second kappa shape index (κ2) is 7.59. The van der Waals surface area contributed by atoms with Gasteiger partial charge in [-0.05, 0) is 42.5 Å². The lowest BCUT2D eigenvalue weighted by Crippen LogP contribution is -2.14. The zero-order chi connectivity index (χ0) is 18.5. The van der Waals surface area contributed by atoms with Gasteiger partial charge in [0.1, 0.15) is 5.65 Å². The molecule has 2 heterocycles. The molecule has 4 rings (SSSR count). The Morgan fingerprint density at radius 3 is 2.56 bits per heavy atom. The number of anilines is 1. The number of carbonyl (C=O) groups excluding carboxylic acids is 1. The van der Waals surface area contributed by atoms with Gasteiger partial charge in [0.15, 0.2) is 0 Å². The summed E-state index contributed by atoms with van der Waals surface area (Å²) in [4.78, 5) is 16.8. The van der Waals surface area contributed by atoms with Gasteiger partial charge in [0.25, 0.3) is 0 Å². The number of nitrogens with zero attached hydrogens (tertiary/aromatic N) is 2. The van der Waals surface area contributed by atoms with E-state index >= 15 is 0 Å². The van der Waals surface area contributed by atoms with Crippen molar-refractivity contribution in [1.82, 2.24) is 9.38 Å². The average molecular weight is 351 g/mol. The fraction of sp³-hybridized carbons (Fsp3) is 0.0435. The van der Waals surface area contributed by atoms with Crippen LogP contribution in [0.2, 0.25) is 0 Å². The van der Waals surface area contributed by atoms with Crippen LogP contribution >= 0.6 is 0 Å². The molecule has 4 heteroatoms. The van der Waals surface area contributed by atoms with E-state index in [0.717, 1.165) is 28.2 Å². The maximum absolute atomic E-state index is 12.4. The lowest BCUT2D eigenvalue weighted by molar-refractivity contribution is -0.115. The molecule has 0 saturated heterocycles. The topological polar surface area (TPSA) is 46.4 Å². The largest absolute Gasteiger partial charge is 0.326 e. The number of amides is 1. The maximum atomic E-state index is 12.4. The van der Waals surface area contributed by atoms with Crippen LogP contribution in [-0.2, 0) is 11.2 Å². The van der Waals surface area contributed by atoms with Crippen LogP contribution in [0.4, 0.5) is 5.69 Å². The number of carbonyl (C=O) groups is 1. The number of benzene rings is 2. The molecule has 27 heavy (non-hydrogen) atoms. The van der Waals surface area contributed by atoms with Crippen molar-refractivity contribution in [2.45, 2.75) is 6.42 Å². The number of pyridine rings is 1. The summed E-state index contributed by atoms with van der Waals surface area (Å²) >= 11 is 0. The Morgan fingerprint density at radius 1 is 0.926 bits per heavy atom. The van der Waals surface area contributed by atoms with Gasteiger partial charge in [0.2, 0.25) is 5.91 Å². The quantitative estimate of drug-likeness (QED) is 0.569. The number of fused-ring (bicyclic) bond motifs is 1. The van der Waals surface area contributed by atoms with E-state index in [2.05, 4.69) is 22.1 Å². The van der Waals surface area contributed by atoms with Crippen molar-refractivity contribution < 1.29 is 4.79 Å². The van der Waals surface area contributed by atoms with E-state index < -0.39 is 0 Å². The Kier molecular flexibility index (Phi) is 4.67. The first-order valence-electron chi connectivity index (χ1n) is 8.66. The van der Waals surface area contributed by atoms with Gasteiger partial charge in [-0.25, -0.2) is 4.98 Å². The van der Waals surface area contributed by atoms with Crippen LogP contribution < -0.4 is 5.32 Å². The molecule has 0 aliphatic carbocycles. The normalized spacial score (nSPS) is 10.2. The lowest BCUT2D eigenvalue weighted by Gasteiger charge is -2.04. The van der Waals surface area contributed by atoms with Crippen molar-refractivity contribution in [3.8, 4) is 11.8 Å². The third-order valence-electron chi connectivity index (χ3n) is 4.03. The SMILES string of the molecule is O=C(Cc1cn2ccccc2n1)Nc1cccc(C#Cc2ccccc2)c1. The molecule has 0 aliphatic heterocycles. The van der Waals surface area contributed by atoms with Gasteiger partial charge >= 0.3 is 0 Å². The van der Waals surface area contributed by atoms with Crippen molar-refractivity contribution in [2.24, 2.45) is 0 Å². The van der Waals surface area contributed by atoms with E-state index in [0.29, 0.717) is 0 Å². The fourth-order valence-corrected chi connectivity index (χ4v) is 2.78. The molecule has 4 nitrogen and oxygen atoms in total. The summed E-state index contributed by atoms with van der Waals surface area (Å²) in [5.74, 6) is 6.14. The molecule has 0 bridgehead atoms. The highest BCUT2D eigenvalue weighted by Gasteiger charge is 2.08. The van der Waals surface area contributed by atoms with E-state index in [9.17, 15) is 4.79 Å². The number of nitrogens with one attached hydrogen (secondary N) is 1. The molecule has 130 valence electrons. The van der Waals surface area contributed by atoms with Gasteiger partial charge < -0.3 is 9.72 Å². The number of imidazole rings is 1. The summed E-state index contributed by atoms with van der Waals surface area (Å²) in [6.07, 6.45) is 4.01. The molecule has 0 atom stereocenters. The molecule has 2 aromatic heterocycles. The zero-order valence-corrected chi connectivity index (χ0v) is 14.6. The van der Waals surface area contributed by atoms with E-state index in [-0.39, 0.29) is 12.3 Å². The monoisotopic (exact) mass is 351 g/mol. The summed E-state index contributed by atoms with van der Waals surface area (Å²) in [6, 6.07) is 23.1. The first kappa shape index (κ1) is 16.6. The smallest absolute Gasteiger partial charge is 0.230 e. The summed E-state index contributed by atoms with van der Waals surface area (Å²) in [5.41, 5.74) is 4.10. The molecular weight excluding hydrogens is 334 g/mol. The lowest BCUT2D eigenvalue weighted by atomic mass is 10.1. The van der Waals surface area contributed by atoms with Gasteiger partial charge in [-0.3, -0.25) is 4.79 Å². The van der Waals surface area contributed by atoms with Crippen LogP contribution in [-0.4, -0.2) is 15.3 Å². The highest BCUT2D eigenvalue weighted by atomic mass is 16.1. The minimum atomic E-state index is -0.105. The molecule has 0 fully saturated rings. The minimum Gasteiger partial charge on any atom is -0.326 e. The molecule has 1 amide bonds. The van der Waals surface area contributed by atoms with Crippen molar-refractivity contribution >= 4 is 17.2 Å². The molecule has 1 N–H and O–H groups in total. The summed E-state index contributed by atoms with van der Waals surface area (Å²) in [5, 5.41) is 2.92. The minimum absolute atomic E-state index is 0.105. The first-order valence-corrected chi connectivity index (χ1v) is 8.66. The summed E-state index contributed by atoms with van der Waals surface area (Å²) in [6.45, 7) is 0. The molecule has 0 spiro atoms. The van der Waals surface area contributed by atoms with Crippen LogP contribution in [0.15, 0.2) is 85.2 Å². The highest BCUT2D eigenvalue weighted by Crippen LogP contribution is 2.12. The Balaban J connectivity index is 1.44. The summed E-state index contributed by atoms with van der Waals surface area (Å²) < 4.78 is 1.91. The number of hydrogen-bond acceptors (Lipinski definition) is 2. The van der Waals surface area contributed by atoms with Crippen molar-refractivity contribution in [2.75, 3.05) is 5.32 Å². The predicted molar refractivity (Wildman–Crippen MR) is 106 cm³/mol. The highest BCUT2D eigenvalue weighted by molar-refractivity contribution is 5.92. The molecule has 0 aliphatic rings. The number of aromatic nitrogens is 2. The van der Waals surface area contributed by atoms with Gasteiger partial charge in [0.05, 0.1) is 12.1 Å². The molecule has 0 unspecified atom stereocenters. The van der Waals surface area contributed by atoms with E-state index in [1.165, 1.54) is 0 Å². The Morgan fingerprint density at radius 2 is 1.70 bits per heavy atom. The van der Waals surface area contributed by atoms with Gasteiger partial charge in [-0.2, -0.15) is 0 Å². The molecule has 4 aromatic rings. The Labute approximate surface area is 157 Å². The average Bonchev–Trinajstić information content (AvgIpc) is 3.09. The van der Waals surface area contributed by atoms with Crippen LogP contribution in [0.1, 0.15) is 16.8 Å². The van der Waals surface area contributed by atoms with Crippen molar-refractivity contribution in [1.29, 1.82) is 0 Å². The molecular formula is C23H17N3O. The molecule has 2 aromatic carbocycles. The van der Waals surface area contributed by atoms with Gasteiger partial charge in [-0.1, -0.05) is 42.2 Å². The first-order chi connectivity index (χ1) is 13.3. The van der Waals surface area contributed by atoms with E-state index in [1.54, 1.807) is 0 Å². The van der Waals surface area contributed by atoms with Crippen molar-refractivity contribution in [3.05, 3.63) is 102 Å². The fourth-order valence-electron chi connectivity index (χ4n) is 2.78. The third-order valence-corrected chi connectivity index (χ3v) is 4.03. The predicted octanol–water partition coefficient (Wildman–Crippen LogP) is 3.92. The second-order valence-electron chi connectivity index (χ2n) is 6.12. The van der Waals surface area contributed by atoms with E-state index in [1.807, 2.05) is 89.6 Å². The maximum Gasteiger partial charge on any atom is 0.230 e. The van der Waals surface area contributed by atoms with Crippen LogP contribution in [0.3, 0.4) is 0 Å². The summed E-state index contributed by atoms with van der Waals surface area (Å²) in [7, 11) is 0. The van der Waals surface area contributed by atoms with Crippen LogP contribution in [0.25, 0.3) is 5.65 Å². The zero-order valence-electron chi connectivity index (χ0n) is 14.6. The standard InChI is InChI=1S/C23H17N3O/c27-23(16-21-17-26-14-5-4-11-22(26)24-21)25-20-10-6-9-19(15-20)13-12-18-7-2-1-3-8-18/h1-11,14-15,17H,16H2,(H,25,27). The number of hydrogen-bond donors (Lipinski definition) is 1. The Hall–Kier alpha value is -3.84. The Bertz CT molecular complexity index is 1120.